The maximum Gasteiger partial charge on any atom is 0.335 e. The van der Waals surface area contributed by atoms with E-state index in [1.165, 1.54) is 6.07 Å². The molecule has 0 spiro atoms. The summed E-state index contributed by atoms with van der Waals surface area (Å²) in [4.78, 5) is 10.9. The summed E-state index contributed by atoms with van der Waals surface area (Å²) in [6, 6.07) is 13.7. The first-order chi connectivity index (χ1) is 9.10. The monoisotopic (exact) mass is 316 g/mol. The van der Waals surface area contributed by atoms with Crippen molar-refractivity contribution in [2.45, 2.75) is 0 Å². The maximum absolute atomic E-state index is 10.9. The number of carbonyl (C=O) groups is 1. The van der Waals surface area contributed by atoms with Crippen LogP contribution in [0.3, 0.4) is 0 Å². The van der Waals surface area contributed by atoms with E-state index in [1.807, 2.05) is 6.07 Å². The number of nitrogens with zero attached hydrogens (tertiary/aromatic N) is 1. The Morgan fingerprint density at radius 2 is 2.05 bits per heavy atom. The van der Waals surface area contributed by atoms with E-state index in [9.17, 15) is 4.79 Å². The van der Waals surface area contributed by atoms with Gasteiger partial charge in [0, 0.05) is 10.2 Å². The molecule has 0 aliphatic rings. The molecule has 0 radical (unpaired) electrons. The Morgan fingerprint density at radius 1 is 1.26 bits per heavy atom. The first-order valence-electron chi connectivity index (χ1n) is 5.40. The van der Waals surface area contributed by atoms with Crippen LogP contribution in [-0.2, 0) is 0 Å². The number of carboxylic acids is 1. The molecule has 0 saturated heterocycles. The van der Waals surface area contributed by atoms with Gasteiger partial charge in [0.1, 0.15) is 0 Å². The number of nitriles is 1. The summed E-state index contributed by atoms with van der Waals surface area (Å²) in [6.45, 7) is 0. The van der Waals surface area contributed by atoms with Crippen LogP contribution in [0.2, 0.25) is 0 Å². The predicted octanol–water partition coefficient (Wildman–Crippen LogP) is 3.76. The van der Waals surface area contributed by atoms with Gasteiger partial charge in [-0.25, -0.2) is 4.79 Å². The van der Waals surface area contributed by atoms with E-state index < -0.39 is 5.97 Å². The molecule has 5 heteroatoms. The Labute approximate surface area is 118 Å². The molecular formula is C14H9BrN2O2. The lowest BCUT2D eigenvalue weighted by atomic mass is 10.2. The highest BCUT2D eigenvalue weighted by Crippen LogP contribution is 2.27. The highest BCUT2D eigenvalue weighted by Gasteiger charge is 2.05. The van der Waals surface area contributed by atoms with Crippen molar-refractivity contribution in [3.8, 4) is 6.07 Å². The second-order valence-electron chi connectivity index (χ2n) is 3.82. The molecule has 0 saturated carbocycles. The van der Waals surface area contributed by atoms with E-state index in [1.54, 1.807) is 36.4 Å². The third-order valence-electron chi connectivity index (χ3n) is 2.49. The van der Waals surface area contributed by atoms with E-state index in [2.05, 4.69) is 21.2 Å². The average molecular weight is 317 g/mol. The Morgan fingerprint density at radius 3 is 2.68 bits per heavy atom. The van der Waals surface area contributed by atoms with Crippen molar-refractivity contribution in [3.05, 3.63) is 58.1 Å². The van der Waals surface area contributed by atoms with E-state index in [4.69, 9.17) is 10.4 Å². The molecule has 0 aliphatic carbocycles. The van der Waals surface area contributed by atoms with Gasteiger partial charge in [-0.15, -0.1) is 0 Å². The molecule has 2 N–H and O–H groups in total. The molecule has 0 atom stereocenters. The number of aromatic carboxylic acids is 1. The maximum atomic E-state index is 10.9. The summed E-state index contributed by atoms with van der Waals surface area (Å²) in [7, 11) is 0. The molecule has 0 heterocycles. The Bertz CT molecular complexity index is 677. The average Bonchev–Trinajstić information content (AvgIpc) is 2.41. The summed E-state index contributed by atoms with van der Waals surface area (Å²) in [5.74, 6) is -0.970. The van der Waals surface area contributed by atoms with Crippen molar-refractivity contribution in [2.75, 3.05) is 5.32 Å². The molecule has 94 valence electrons. The zero-order valence-electron chi connectivity index (χ0n) is 9.72. The van der Waals surface area contributed by atoms with Gasteiger partial charge < -0.3 is 10.4 Å². The fourth-order valence-corrected chi connectivity index (χ4v) is 2.05. The minimum absolute atomic E-state index is 0.217. The third kappa shape index (κ3) is 3.12. The molecule has 0 unspecified atom stereocenters. The fraction of sp³-hybridized carbons (Fsp3) is 0. The lowest BCUT2D eigenvalue weighted by Crippen LogP contribution is -1.98. The summed E-state index contributed by atoms with van der Waals surface area (Å²) in [5, 5.41) is 20.8. The summed E-state index contributed by atoms with van der Waals surface area (Å²) >= 11 is 3.36. The van der Waals surface area contributed by atoms with Crippen LogP contribution in [0.15, 0.2) is 46.9 Å². The molecule has 4 nitrogen and oxygen atoms in total. The minimum atomic E-state index is -0.970. The smallest absolute Gasteiger partial charge is 0.335 e. The second-order valence-corrected chi connectivity index (χ2v) is 4.67. The summed E-state index contributed by atoms with van der Waals surface area (Å²) in [5.41, 5.74) is 2.21. The van der Waals surface area contributed by atoms with Gasteiger partial charge in [-0.05, 0) is 52.3 Å². The van der Waals surface area contributed by atoms with E-state index in [0.717, 1.165) is 10.2 Å². The van der Waals surface area contributed by atoms with Crippen LogP contribution < -0.4 is 5.32 Å². The quantitative estimate of drug-likeness (QED) is 0.904. The first kappa shape index (κ1) is 13.1. The standard InChI is InChI=1S/C14H9BrN2O2/c15-12-6-9(8-16)4-5-13(12)17-11-3-1-2-10(7-11)14(18)19/h1-7,17H,(H,18,19). The normalized spacial score (nSPS) is 9.68. The van der Waals surface area contributed by atoms with Gasteiger partial charge in [-0.1, -0.05) is 6.07 Å². The van der Waals surface area contributed by atoms with Crippen LogP contribution in [0.4, 0.5) is 11.4 Å². The number of rotatable bonds is 3. The van der Waals surface area contributed by atoms with Crippen LogP contribution in [0.25, 0.3) is 0 Å². The van der Waals surface area contributed by atoms with Crippen molar-refractivity contribution >= 4 is 33.3 Å². The number of hydrogen-bond donors (Lipinski definition) is 2. The van der Waals surface area contributed by atoms with Gasteiger partial charge in [-0.3, -0.25) is 0 Å². The lowest BCUT2D eigenvalue weighted by Gasteiger charge is -2.09. The Kier molecular flexibility index (Phi) is 3.83. The Balaban J connectivity index is 2.29. The summed E-state index contributed by atoms with van der Waals surface area (Å²) in [6.07, 6.45) is 0. The molecule has 2 aromatic rings. The van der Waals surface area contributed by atoms with Gasteiger partial charge >= 0.3 is 5.97 Å². The van der Waals surface area contributed by atoms with Gasteiger partial charge in [0.25, 0.3) is 0 Å². The zero-order valence-corrected chi connectivity index (χ0v) is 11.3. The van der Waals surface area contributed by atoms with E-state index >= 15 is 0 Å². The molecule has 2 aromatic carbocycles. The van der Waals surface area contributed by atoms with Crippen LogP contribution in [0.1, 0.15) is 15.9 Å². The fourth-order valence-electron chi connectivity index (χ4n) is 1.57. The first-order valence-corrected chi connectivity index (χ1v) is 6.19. The van der Waals surface area contributed by atoms with E-state index in [-0.39, 0.29) is 5.56 Å². The highest BCUT2D eigenvalue weighted by atomic mass is 79.9. The van der Waals surface area contributed by atoms with Gasteiger partial charge in [0.2, 0.25) is 0 Å². The second kappa shape index (κ2) is 5.55. The predicted molar refractivity (Wildman–Crippen MR) is 75.5 cm³/mol. The van der Waals surface area contributed by atoms with Crippen molar-refractivity contribution in [1.29, 1.82) is 5.26 Å². The van der Waals surface area contributed by atoms with Crippen LogP contribution in [-0.4, -0.2) is 11.1 Å². The summed E-state index contributed by atoms with van der Waals surface area (Å²) < 4.78 is 0.743. The van der Waals surface area contributed by atoms with Crippen molar-refractivity contribution in [1.82, 2.24) is 0 Å². The molecule has 2 rings (SSSR count). The number of benzene rings is 2. The molecule has 0 fully saturated rings. The van der Waals surface area contributed by atoms with Crippen molar-refractivity contribution < 1.29 is 9.90 Å². The molecule has 0 amide bonds. The number of anilines is 2. The molecule has 0 bridgehead atoms. The minimum Gasteiger partial charge on any atom is -0.478 e. The number of carboxylic acid groups (broad SMARTS) is 1. The Hall–Kier alpha value is -2.32. The molecule has 0 aromatic heterocycles. The molecule has 19 heavy (non-hydrogen) atoms. The largest absolute Gasteiger partial charge is 0.478 e. The molecular weight excluding hydrogens is 308 g/mol. The van der Waals surface area contributed by atoms with Gasteiger partial charge in [-0.2, -0.15) is 5.26 Å². The highest BCUT2D eigenvalue weighted by molar-refractivity contribution is 9.10. The van der Waals surface area contributed by atoms with Crippen LogP contribution in [0.5, 0.6) is 0 Å². The van der Waals surface area contributed by atoms with Gasteiger partial charge in [0.05, 0.1) is 22.9 Å². The zero-order chi connectivity index (χ0) is 13.8. The van der Waals surface area contributed by atoms with Crippen molar-refractivity contribution in [3.63, 3.8) is 0 Å². The van der Waals surface area contributed by atoms with Gasteiger partial charge in [0.15, 0.2) is 0 Å². The number of nitrogens with one attached hydrogen (secondary N) is 1. The third-order valence-corrected chi connectivity index (χ3v) is 3.14. The number of hydrogen-bond acceptors (Lipinski definition) is 3. The SMILES string of the molecule is N#Cc1ccc(Nc2cccc(C(=O)O)c2)c(Br)c1. The van der Waals surface area contributed by atoms with Crippen LogP contribution in [0, 0.1) is 11.3 Å². The van der Waals surface area contributed by atoms with E-state index in [0.29, 0.717) is 11.3 Å². The number of halogens is 1. The molecule has 0 aliphatic heterocycles. The topological polar surface area (TPSA) is 73.1 Å². The lowest BCUT2D eigenvalue weighted by molar-refractivity contribution is 0.0697. The van der Waals surface area contributed by atoms with Crippen LogP contribution >= 0.6 is 15.9 Å². The van der Waals surface area contributed by atoms with Crippen molar-refractivity contribution in [2.24, 2.45) is 0 Å².